The van der Waals surface area contributed by atoms with Crippen molar-refractivity contribution in [2.75, 3.05) is 17.9 Å². The number of hydrogen-bond acceptors (Lipinski definition) is 6. The van der Waals surface area contributed by atoms with E-state index in [0.29, 0.717) is 17.5 Å². The summed E-state index contributed by atoms with van der Waals surface area (Å²) in [5.74, 6) is 1.13. The van der Waals surface area contributed by atoms with Gasteiger partial charge in [0.05, 0.1) is 28.9 Å². The zero-order valence-electron chi connectivity index (χ0n) is 17.6. The van der Waals surface area contributed by atoms with Crippen LogP contribution in [0.2, 0.25) is 5.02 Å². The maximum absolute atomic E-state index is 12.5. The van der Waals surface area contributed by atoms with Gasteiger partial charge in [0.1, 0.15) is 17.4 Å². The molecule has 1 aromatic heterocycles. The normalized spacial score (nSPS) is 10.8. The van der Waals surface area contributed by atoms with Crippen LogP contribution in [-0.4, -0.2) is 24.1 Å². The van der Waals surface area contributed by atoms with E-state index >= 15 is 0 Å². The van der Waals surface area contributed by atoms with E-state index in [9.17, 15) is 4.79 Å². The fourth-order valence-electron chi connectivity index (χ4n) is 3.15. The molecule has 0 saturated carbocycles. The number of nitrogens with zero attached hydrogens (tertiary/aromatic N) is 2. The average molecular weight is 485 g/mol. The third kappa shape index (κ3) is 5.35. The van der Waals surface area contributed by atoms with Crippen LogP contribution in [0.25, 0.3) is 10.2 Å². The summed E-state index contributed by atoms with van der Waals surface area (Å²) >= 11 is 9.11. The molecule has 32 heavy (non-hydrogen) atoms. The Morgan fingerprint density at radius 1 is 1.12 bits per heavy atom. The molecule has 3 aromatic carbocycles. The molecular formula is C24H21ClN2O3S2. The van der Waals surface area contributed by atoms with Gasteiger partial charge < -0.3 is 9.47 Å². The van der Waals surface area contributed by atoms with Crippen LogP contribution in [0, 0.1) is 6.92 Å². The first-order valence-electron chi connectivity index (χ1n) is 9.85. The van der Waals surface area contributed by atoms with Gasteiger partial charge in [0.2, 0.25) is 0 Å². The molecular weight excluding hydrogens is 464 g/mol. The number of aromatic nitrogens is 1. The van der Waals surface area contributed by atoms with Crippen molar-refractivity contribution < 1.29 is 14.3 Å². The Morgan fingerprint density at radius 3 is 2.62 bits per heavy atom. The molecule has 164 valence electrons. The summed E-state index contributed by atoms with van der Waals surface area (Å²) in [4.78, 5) is 19.7. The minimum Gasteiger partial charge on any atom is -0.486 e. The first-order chi connectivity index (χ1) is 15.5. The number of amides is 1. The number of carbonyl (C=O) groups excluding carboxylic acids is 1. The van der Waals surface area contributed by atoms with Gasteiger partial charge in [0.15, 0.2) is 0 Å². The minimum absolute atomic E-state index is 0.394. The summed E-state index contributed by atoms with van der Waals surface area (Å²) in [6, 6.07) is 21.2. The zero-order valence-corrected chi connectivity index (χ0v) is 20.0. The van der Waals surface area contributed by atoms with Crippen LogP contribution in [-0.2, 0) is 11.3 Å². The zero-order chi connectivity index (χ0) is 22.5. The molecule has 0 saturated heterocycles. The maximum Gasteiger partial charge on any atom is 0.414 e. The predicted molar refractivity (Wildman–Crippen MR) is 132 cm³/mol. The highest BCUT2D eigenvalue weighted by molar-refractivity contribution is 7.99. The fraction of sp³-hybridized carbons (Fsp3) is 0.167. The van der Waals surface area contributed by atoms with Crippen LogP contribution in [0.1, 0.15) is 10.6 Å². The van der Waals surface area contributed by atoms with Gasteiger partial charge in [-0.15, -0.1) is 23.1 Å². The Bertz CT molecular complexity index is 1190. The van der Waals surface area contributed by atoms with Gasteiger partial charge in [0, 0.05) is 9.92 Å². The Labute approximate surface area is 199 Å². The summed E-state index contributed by atoms with van der Waals surface area (Å²) in [7, 11) is 1.38. The molecule has 4 rings (SSSR count). The molecule has 0 bridgehead atoms. The number of halogens is 1. The van der Waals surface area contributed by atoms with Gasteiger partial charge in [-0.1, -0.05) is 23.7 Å². The predicted octanol–water partition coefficient (Wildman–Crippen LogP) is 7.16. The second-order valence-corrected chi connectivity index (χ2v) is 9.51. The molecule has 0 aliphatic heterocycles. The number of methoxy groups -OCH3 is 1. The SMILES string of the molecule is COC(=O)N(CSc1ccc(Cl)cc1)c1ccc(OCc2nc3ccccc3s2)cc1C. The van der Waals surface area contributed by atoms with E-state index in [1.165, 1.54) is 18.9 Å². The molecule has 0 radical (unpaired) electrons. The Hall–Kier alpha value is -2.74. The van der Waals surface area contributed by atoms with Crippen LogP contribution in [0.4, 0.5) is 10.5 Å². The molecule has 0 fully saturated rings. The van der Waals surface area contributed by atoms with Gasteiger partial charge in [-0.3, -0.25) is 4.90 Å². The lowest BCUT2D eigenvalue weighted by molar-refractivity contribution is 0.180. The molecule has 4 aromatic rings. The van der Waals surface area contributed by atoms with E-state index in [0.717, 1.165) is 37.1 Å². The van der Waals surface area contributed by atoms with Crippen molar-refractivity contribution in [3.63, 3.8) is 0 Å². The number of carbonyl (C=O) groups is 1. The molecule has 0 atom stereocenters. The fourth-order valence-corrected chi connectivity index (χ4v) is 5.01. The van der Waals surface area contributed by atoms with Crippen LogP contribution >= 0.6 is 34.7 Å². The van der Waals surface area contributed by atoms with Gasteiger partial charge in [-0.2, -0.15) is 0 Å². The molecule has 5 nitrogen and oxygen atoms in total. The molecule has 0 spiro atoms. The molecule has 1 amide bonds. The molecule has 8 heteroatoms. The lowest BCUT2D eigenvalue weighted by Crippen LogP contribution is -2.31. The number of thioether (sulfide) groups is 1. The van der Waals surface area contributed by atoms with Crippen LogP contribution in [0.15, 0.2) is 71.6 Å². The van der Waals surface area contributed by atoms with Crippen molar-refractivity contribution in [2.45, 2.75) is 18.4 Å². The number of benzene rings is 3. The van der Waals surface area contributed by atoms with Crippen molar-refractivity contribution >= 4 is 56.7 Å². The second-order valence-electron chi connectivity index (χ2n) is 6.94. The monoisotopic (exact) mass is 484 g/mol. The molecule has 0 aliphatic carbocycles. The quantitative estimate of drug-likeness (QED) is 0.206. The van der Waals surface area contributed by atoms with Crippen molar-refractivity contribution in [1.29, 1.82) is 0 Å². The van der Waals surface area contributed by atoms with Gasteiger partial charge >= 0.3 is 6.09 Å². The summed E-state index contributed by atoms with van der Waals surface area (Å²) in [6.45, 7) is 2.34. The standard InChI is InChI=1S/C24H21ClN2O3S2/c1-16-13-18(30-14-23-26-20-5-3-4-6-22(20)32-23)9-12-21(16)27(24(28)29-2)15-31-19-10-7-17(25)8-11-19/h3-13H,14-15H2,1-2H3. The Balaban J connectivity index is 1.46. The summed E-state index contributed by atoms with van der Waals surface area (Å²) in [6.07, 6.45) is -0.419. The highest BCUT2D eigenvalue weighted by Gasteiger charge is 2.19. The maximum atomic E-state index is 12.5. The topological polar surface area (TPSA) is 51.7 Å². The van der Waals surface area contributed by atoms with Crippen molar-refractivity contribution in [3.8, 4) is 5.75 Å². The van der Waals surface area contributed by atoms with E-state index in [4.69, 9.17) is 21.1 Å². The van der Waals surface area contributed by atoms with Crippen molar-refractivity contribution in [1.82, 2.24) is 4.98 Å². The molecule has 0 N–H and O–H groups in total. The van der Waals surface area contributed by atoms with E-state index < -0.39 is 6.09 Å². The number of para-hydroxylation sites is 1. The summed E-state index contributed by atoms with van der Waals surface area (Å²) in [5, 5.41) is 1.60. The van der Waals surface area contributed by atoms with E-state index in [2.05, 4.69) is 11.1 Å². The molecule has 0 aliphatic rings. The van der Waals surface area contributed by atoms with Crippen LogP contribution in [0.3, 0.4) is 0 Å². The third-order valence-corrected chi connectivity index (χ3v) is 6.98. The number of hydrogen-bond donors (Lipinski definition) is 0. The highest BCUT2D eigenvalue weighted by Crippen LogP contribution is 2.30. The third-order valence-electron chi connectivity index (χ3n) is 4.73. The summed E-state index contributed by atoms with van der Waals surface area (Å²) in [5.41, 5.74) is 2.66. The number of rotatable bonds is 7. The number of aryl methyl sites for hydroxylation is 1. The first kappa shape index (κ1) is 22.5. The van der Waals surface area contributed by atoms with E-state index in [1.807, 2.05) is 67.6 Å². The number of ether oxygens (including phenoxy) is 2. The highest BCUT2D eigenvalue weighted by atomic mass is 35.5. The average Bonchev–Trinajstić information content (AvgIpc) is 3.23. The van der Waals surface area contributed by atoms with Crippen molar-refractivity contribution in [2.24, 2.45) is 0 Å². The number of anilines is 1. The van der Waals surface area contributed by atoms with Gasteiger partial charge in [0.25, 0.3) is 0 Å². The summed E-state index contributed by atoms with van der Waals surface area (Å²) < 4.78 is 12.1. The van der Waals surface area contributed by atoms with E-state index in [1.54, 1.807) is 16.2 Å². The smallest absolute Gasteiger partial charge is 0.414 e. The molecule has 0 unspecified atom stereocenters. The lowest BCUT2D eigenvalue weighted by Gasteiger charge is -2.23. The largest absolute Gasteiger partial charge is 0.486 e. The minimum atomic E-state index is -0.419. The number of thiazole rings is 1. The first-order valence-corrected chi connectivity index (χ1v) is 12.0. The van der Waals surface area contributed by atoms with Gasteiger partial charge in [-0.25, -0.2) is 9.78 Å². The van der Waals surface area contributed by atoms with Crippen LogP contribution in [0.5, 0.6) is 5.75 Å². The molecule has 1 heterocycles. The van der Waals surface area contributed by atoms with E-state index in [-0.39, 0.29) is 0 Å². The number of fused-ring (bicyclic) bond motifs is 1. The Morgan fingerprint density at radius 2 is 1.91 bits per heavy atom. The van der Waals surface area contributed by atoms with Crippen LogP contribution < -0.4 is 9.64 Å². The Kier molecular flexibility index (Phi) is 7.19. The van der Waals surface area contributed by atoms with Gasteiger partial charge in [-0.05, 0) is 67.1 Å². The van der Waals surface area contributed by atoms with Crippen molar-refractivity contribution in [3.05, 3.63) is 82.3 Å². The second kappa shape index (κ2) is 10.3. The lowest BCUT2D eigenvalue weighted by atomic mass is 10.2.